The lowest BCUT2D eigenvalue weighted by Gasteiger charge is -2.34. The minimum Gasteiger partial charge on any atom is -0.459 e. The van der Waals surface area contributed by atoms with Crippen LogP contribution in [0.2, 0.25) is 0 Å². The van der Waals surface area contributed by atoms with Crippen molar-refractivity contribution in [2.24, 2.45) is 0 Å². The summed E-state index contributed by atoms with van der Waals surface area (Å²) in [5.41, 5.74) is 0. The molecule has 1 aliphatic rings. The van der Waals surface area contributed by atoms with E-state index in [0.29, 0.717) is 18.8 Å². The third-order valence-corrected chi connectivity index (χ3v) is 2.44. The number of rotatable bonds is 1. The van der Waals surface area contributed by atoms with Gasteiger partial charge < -0.3 is 14.1 Å². The molecule has 2 heterocycles. The number of hydrogen-bond donors (Lipinski definition) is 0. The van der Waals surface area contributed by atoms with Crippen LogP contribution in [0, 0.1) is 0 Å². The van der Waals surface area contributed by atoms with Crippen molar-refractivity contribution in [1.29, 1.82) is 0 Å². The number of hydrogen-bond acceptors (Lipinski definition) is 3. The molecule has 1 amide bonds. The number of furan rings is 1. The number of carbonyl (C=O) groups is 1. The van der Waals surface area contributed by atoms with E-state index in [-0.39, 0.29) is 18.1 Å². The highest BCUT2D eigenvalue weighted by Crippen LogP contribution is 2.14. The summed E-state index contributed by atoms with van der Waals surface area (Å²) in [7, 11) is 0. The lowest BCUT2D eigenvalue weighted by molar-refractivity contribution is -0.0592. The molecule has 2 rings (SSSR count). The van der Waals surface area contributed by atoms with Gasteiger partial charge in [0.05, 0.1) is 18.5 Å². The minimum atomic E-state index is -0.0537. The van der Waals surface area contributed by atoms with Crippen LogP contribution in [0.3, 0.4) is 0 Å². The van der Waals surface area contributed by atoms with E-state index < -0.39 is 0 Å². The van der Waals surface area contributed by atoms with Gasteiger partial charge in [0, 0.05) is 13.1 Å². The molecule has 0 unspecified atom stereocenters. The Kier molecular flexibility index (Phi) is 2.77. The summed E-state index contributed by atoms with van der Waals surface area (Å²) in [5, 5.41) is 0. The number of carbonyl (C=O) groups excluding carboxylic acids is 1. The molecule has 0 saturated carbocycles. The van der Waals surface area contributed by atoms with Crippen LogP contribution in [0.1, 0.15) is 24.4 Å². The monoisotopic (exact) mass is 209 g/mol. The van der Waals surface area contributed by atoms with E-state index in [1.165, 1.54) is 6.26 Å². The Balaban J connectivity index is 2.07. The third-order valence-electron chi connectivity index (χ3n) is 2.44. The third kappa shape index (κ3) is 2.21. The van der Waals surface area contributed by atoms with Crippen LogP contribution >= 0.6 is 0 Å². The topological polar surface area (TPSA) is 42.7 Å². The van der Waals surface area contributed by atoms with Crippen LogP contribution in [0.25, 0.3) is 0 Å². The molecule has 0 N–H and O–H groups in total. The van der Waals surface area contributed by atoms with Crippen molar-refractivity contribution in [3.8, 4) is 0 Å². The van der Waals surface area contributed by atoms with Crippen LogP contribution in [-0.2, 0) is 4.74 Å². The van der Waals surface area contributed by atoms with Gasteiger partial charge >= 0.3 is 0 Å². The Labute approximate surface area is 88.8 Å². The number of amides is 1. The maximum Gasteiger partial charge on any atom is 0.289 e. The van der Waals surface area contributed by atoms with E-state index in [9.17, 15) is 4.79 Å². The lowest BCUT2D eigenvalue weighted by Crippen LogP contribution is -2.48. The quantitative estimate of drug-likeness (QED) is 0.704. The zero-order valence-corrected chi connectivity index (χ0v) is 8.97. The summed E-state index contributed by atoms with van der Waals surface area (Å²) in [6.45, 7) is 5.20. The van der Waals surface area contributed by atoms with Crippen LogP contribution < -0.4 is 0 Å². The van der Waals surface area contributed by atoms with E-state index in [0.717, 1.165) is 0 Å². The molecule has 0 aromatic carbocycles. The molecule has 1 fully saturated rings. The highest BCUT2D eigenvalue weighted by molar-refractivity contribution is 5.91. The first kappa shape index (κ1) is 10.2. The fourth-order valence-electron chi connectivity index (χ4n) is 1.90. The average Bonchev–Trinajstić information content (AvgIpc) is 2.67. The first-order valence-electron chi connectivity index (χ1n) is 5.15. The smallest absolute Gasteiger partial charge is 0.289 e. The van der Waals surface area contributed by atoms with Crippen molar-refractivity contribution in [3.63, 3.8) is 0 Å². The van der Waals surface area contributed by atoms with E-state index in [1.807, 2.05) is 13.8 Å². The molecule has 0 spiro atoms. The van der Waals surface area contributed by atoms with Crippen molar-refractivity contribution in [2.75, 3.05) is 13.1 Å². The van der Waals surface area contributed by atoms with Gasteiger partial charge in [-0.05, 0) is 26.0 Å². The number of morpholine rings is 1. The molecule has 15 heavy (non-hydrogen) atoms. The van der Waals surface area contributed by atoms with E-state index >= 15 is 0 Å². The predicted octanol–water partition coefficient (Wildman–Crippen LogP) is 1.53. The average molecular weight is 209 g/mol. The first-order chi connectivity index (χ1) is 7.16. The zero-order valence-electron chi connectivity index (χ0n) is 8.97. The van der Waals surface area contributed by atoms with Gasteiger partial charge in [-0.3, -0.25) is 4.79 Å². The highest BCUT2D eigenvalue weighted by Gasteiger charge is 2.27. The summed E-state index contributed by atoms with van der Waals surface area (Å²) >= 11 is 0. The fraction of sp³-hybridized carbons (Fsp3) is 0.545. The molecule has 0 radical (unpaired) electrons. The SMILES string of the molecule is C[C@H]1CN(C(=O)c2ccco2)C[C@H](C)O1. The van der Waals surface area contributed by atoms with Gasteiger partial charge in [0.1, 0.15) is 0 Å². The Hall–Kier alpha value is -1.29. The fourth-order valence-corrected chi connectivity index (χ4v) is 1.90. The van der Waals surface area contributed by atoms with Crippen LogP contribution in [0.5, 0.6) is 0 Å². The van der Waals surface area contributed by atoms with Gasteiger partial charge in [0.25, 0.3) is 5.91 Å². The molecule has 1 aromatic rings. The van der Waals surface area contributed by atoms with Gasteiger partial charge in [0.2, 0.25) is 0 Å². The molecule has 1 saturated heterocycles. The molecule has 0 bridgehead atoms. The molecule has 2 atom stereocenters. The Bertz CT molecular complexity index is 324. The molecular weight excluding hydrogens is 194 g/mol. The maximum atomic E-state index is 11.9. The highest BCUT2D eigenvalue weighted by atomic mass is 16.5. The Morgan fingerprint density at radius 1 is 1.40 bits per heavy atom. The molecule has 4 heteroatoms. The summed E-state index contributed by atoms with van der Waals surface area (Å²) in [4.78, 5) is 13.7. The molecular formula is C11H15NO3. The number of ether oxygens (including phenoxy) is 1. The molecule has 1 aliphatic heterocycles. The van der Waals surface area contributed by atoms with Crippen molar-refractivity contribution in [2.45, 2.75) is 26.1 Å². The molecule has 0 aliphatic carbocycles. The Morgan fingerprint density at radius 2 is 2.07 bits per heavy atom. The summed E-state index contributed by atoms with van der Waals surface area (Å²) < 4.78 is 10.6. The summed E-state index contributed by atoms with van der Waals surface area (Å²) in [6.07, 6.45) is 1.70. The standard InChI is InChI=1S/C11H15NO3/c1-8-6-12(7-9(2)15-8)11(13)10-4-3-5-14-10/h3-5,8-9H,6-7H2,1-2H3/t8-,9-/m0/s1. The largest absolute Gasteiger partial charge is 0.459 e. The predicted molar refractivity (Wildman–Crippen MR) is 54.6 cm³/mol. The van der Waals surface area contributed by atoms with Gasteiger partial charge in [-0.15, -0.1) is 0 Å². The van der Waals surface area contributed by atoms with E-state index in [4.69, 9.17) is 9.15 Å². The molecule has 82 valence electrons. The Morgan fingerprint density at radius 3 is 2.60 bits per heavy atom. The molecule has 4 nitrogen and oxygen atoms in total. The van der Waals surface area contributed by atoms with Crippen molar-refractivity contribution in [3.05, 3.63) is 24.2 Å². The molecule has 1 aromatic heterocycles. The summed E-state index contributed by atoms with van der Waals surface area (Å²) in [5.74, 6) is 0.346. The van der Waals surface area contributed by atoms with Gasteiger partial charge in [0.15, 0.2) is 5.76 Å². The van der Waals surface area contributed by atoms with Crippen molar-refractivity contribution < 1.29 is 13.9 Å². The minimum absolute atomic E-state index is 0.0537. The van der Waals surface area contributed by atoms with Gasteiger partial charge in [-0.2, -0.15) is 0 Å². The van der Waals surface area contributed by atoms with Gasteiger partial charge in [-0.25, -0.2) is 0 Å². The maximum absolute atomic E-state index is 11.9. The van der Waals surface area contributed by atoms with Crippen LogP contribution in [0.15, 0.2) is 22.8 Å². The second-order valence-corrected chi connectivity index (χ2v) is 3.94. The van der Waals surface area contributed by atoms with Gasteiger partial charge in [-0.1, -0.05) is 0 Å². The van der Waals surface area contributed by atoms with Crippen molar-refractivity contribution >= 4 is 5.91 Å². The van der Waals surface area contributed by atoms with E-state index in [2.05, 4.69) is 0 Å². The zero-order chi connectivity index (χ0) is 10.8. The second kappa shape index (κ2) is 4.06. The van der Waals surface area contributed by atoms with E-state index in [1.54, 1.807) is 17.0 Å². The number of nitrogens with zero attached hydrogens (tertiary/aromatic N) is 1. The van der Waals surface area contributed by atoms with Crippen molar-refractivity contribution in [1.82, 2.24) is 4.90 Å². The first-order valence-corrected chi connectivity index (χ1v) is 5.15. The normalized spacial score (nSPS) is 26.7. The lowest BCUT2D eigenvalue weighted by atomic mass is 10.2. The summed E-state index contributed by atoms with van der Waals surface area (Å²) in [6, 6.07) is 3.41. The second-order valence-electron chi connectivity index (χ2n) is 3.94. The van der Waals surface area contributed by atoms with Crippen LogP contribution in [0.4, 0.5) is 0 Å². The van der Waals surface area contributed by atoms with Crippen LogP contribution in [-0.4, -0.2) is 36.1 Å².